The highest BCUT2D eigenvalue weighted by molar-refractivity contribution is 6.28. The normalized spacial score (nSPS) is 16.5. The third kappa shape index (κ3) is 1.28. The van der Waals surface area contributed by atoms with E-state index in [0.29, 0.717) is 0 Å². The van der Waals surface area contributed by atoms with Crippen LogP contribution in [0.2, 0.25) is 0 Å². The Morgan fingerprint density at radius 1 is 1.13 bits per heavy atom. The fourth-order valence-corrected chi connectivity index (χ4v) is 1.38. The van der Waals surface area contributed by atoms with Crippen LogP contribution in [0.25, 0.3) is 5.70 Å². The zero-order valence-electron chi connectivity index (χ0n) is 8.01. The second kappa shape index (κ2) is 3.20. The largest absolute Gasteiger partial charge is 0.864 e. The van der Waals surface area contributed by atoms with Crippen LogP contribution in [0.1, 0.15) is 0 Å². The van der Waals surface area contributed by atoms with Crippen LogP contribution in [-0.2, 0) is 9.59 Å². The van der Waals surface area contributed by atoms with Crippen LogP contribution in [0.4, 0.5) is 0 Å². The molecule has 1 aromatic heterocycles. The van der Waals surface area contributed by atoms with Crippen LogP contribution in [0, 0.1) is 0 Å². The maximum Gasteiger partial charge on any atom is 0.325 e. The van der Waals surface area contributed by atoms with Crippen molar-refractivity contribution in [3.8, 4) is 0 Å². The zero-order valence-corrected chi connectivity index (χ0v) is 8.01. The van der Waals surface area contributed by atoms with Gasteiger partial charge in [0, 0.05) is 24.9 Å². The van der Waals surface area contributed by atoms with E-state index in [-0.39, 0.29) is 5.70 Å². The summed E-state index contributed by atoms with van der Waals surface area (Å²) in [6.07, 6.45) is 3.11. The lowest BCUT2D eigenvalue weighted by atomic mass is 10.3. The second-order valence-electron chi connectivity index (χ2n) is 3.13. The molecule has 0 bridgehead atoms. The zero-order chi connectivity index (χ0) is 11.0. The average Bonchev–Trinajstić information content (AvgIpc) is 2.45. The highest BCUT2D eigenvalue weighted by Crippen LogP contribution is 2.13. The fraction of sp³-hybridized carbons (Fsp3) is 0.100. The van der Waals surface area contributed by atoms with E-state index in [0.717, 1.165) is 4.90 Å². The van der Waals surface area contributed by atoms with Crippen molar-refractivity contribution in [3.05, 3.63) is 36.4 Å². The first-order valence-corrected chi connectivity index (χ1v) is 4.33. The van der Waals surface area contributed by atoms with Crippen molar-refractivity contribution in [3.63, 3.8) is 0 Å². The lowest BCUT2D eigenvalue weighted by molar-refractivity contribution is -0.581. The Kier molecular flexibility index (Phi) is 2.00. The third-order valence-corrected chi connectivity index (χ3v) is 2.19. The number of aromatic nitrogens is 1. The number of likely N-dealkylation sites (N-methyl/N-ethyl adjacent to an activating group) is 1. The van der Waals surface area contributed by atoms with Crippen LogP contribution in [0.15, 0.2) is 36.4 Å². The van der Waals surface area contributed by atoms with Gasteiger partial charge >= 0.3 is 5.91 Å². The van der Waals surface area contributed by atoms with E-state index in [1.807, 2.05) is 0 Å². The van der Waals surface area contributed by atoms with Crippen molar-refractivity contribution >= 4 is 17.5 Å². The maximum absolute atomic E-state index is 11.6. The van der Waals surface area contributed by atoms with Gasteiger partial charge in [-0.25, -0.2) is 0 Å². The van der Waals surface area contributed by atoms with Gasteiger partial charge in [0.25, 0.3) is 11.6 Å². The van der Waals surface area contributed by atoms with E-state index in [4.69, 9.17) is 0 Å². The third-order valence-electron chi connectivity index (χ3n) is 2.19. The van der Waals surface area contributed by atoms with E-state index >= 15 is 0 Å². The molecular formula is C10H8N2O3. The Bertz CT molecular complexity index is 465. The first-order valence-electron chi connectivity index (χ1n) is 4.33. The highest BCUT2D eigenvalue weighted by atomic mass is 16.3. The first-order chi connectivity index (χ1) is 7.13. The predicted molar refractivity (Wildman–Crippen MR) is 47.6 cm³/mol. The lowest BCUT2D eigenvalue weighted by Gasteiger charge is -2.05. The summed E-state index contributed by atoms with van der Waals surface area (Å²) in [6, 6.07) is 5.11. The van der Waals surface area contributed by atoms with Crippen LogP contribution >= 0.6 is 0 Å². The second-order valence-corrected chi connectivity index (χ2v) is 3.13. The Balaban J connectivity index is 2.55. The number of hydrogen-bond donors (Lipinski definition) is 0. The Morgan fingerprint density at radius 2 is 1.73 bits per heavy atom. The maximum atomic E-state index is 11.6. The molecule has 0 fully saturated rings. The van der Waals surface area contributed by atoms with E-state index in [9.17, 15) is 14.7 Å². The number of carbonyl (C=O) groups excluding carboxylic acids is 2. The van der Waals surface area contributed by atoms with Crippen molar-refractivity contribution in [2.45, 2.75) is 0 Å². The van der Waals surface area contributed by atoms with Crippen molar-refractivity contribution in [2.24, 2.45) is 0 Å². The summed E-state index contributed by atoms with van der Waals surface area (Å²) in [6.45, 7) is 0. The topological polar surface area (TPSA) is 64.3 Å². The van der Waals surface area contributed by atoms with Crippen molar-refractivity contribution < 1.29 is 19.3 Å². The first kappa shape index (κ1) is 9.39. The quantitative estimate of drug-likeness (QED) is 0.413. The number of nitrogens with zero attached hydrogens (tertiary/aromatic N) is 2. The summed E-state index contributed by atoms with van der Waals surface area (Å²) in [7, 11) is 1.29. The summed E-state index contributed by atoms with van der Waals surface area (Å²) in [5, 5.41) is 11.5. The molecule has 5 heteroatoms. The van der Waals surface area contributed by atoms with E-state index in [1.165, 1.54) is 11.6 Å². The van der Waals surface area contributed by atoms with Gasteiger partial charge in [-0.1, -0.05) is 6.07 Å². The summed E-state index contributed by atoms with van der Waals surface area (Å²) in [5.41, 5.74) is -0.122. The molecule has 76 valence electrons. The Labute approximate surface area is 85.9 Å². The molecule has 2 amide bonds. The lowest BCUT2D eigenvalue weighted by Crippen LogP contribution is -2.38. The van der Waals surface area contributed by atoms with Gasteiger partial charge in [-0.15, -0.1) is 0 Å². The number of hydrogen-bond acceptors (Lipinski definition) is 3. The van der Waals surface area contributed by atoms with Gasteiger partial charge in [-0.3, -0.25) is 14.5 Å². The molecule has 0 saturated carbocycles. The van der Waals surface area contributed by atoms with Crippen LogP contribution in [0.3, 0.4) is 0 Å². The summed E-state index contributed by atoms with van der Waals surface area (Å²) < 4.78 is 1.35. The predicted octanol–water partition coefficient (Wildman–Crippen LogP) is -1.50. The highest BCUT2D eigenvalue weighted by Gasteiger charge is 2.37. The molecule has 0 atom stereocenters. The minimum atomic E-state index is -0.786. The molecule has 0 aliphatic carbocycles. The molecular weight excluding hydrogens is 196 g/mol. The van der Waals surface area contributed by atoms with Crippen LogP contribution < -0.4 is 9.67 Å². The number of amides is 2. The van der Waals surface area contributed by atoms with E-state index < -0.39 is 17.6 Å². The van der Waals surface area contributed by atoms with Crippen molar-refractivity contribution in [2.75, 3.05) is 7.05 Å². The molecule has 0 aromatic carbocycles. The molecule has 5 nitrogen and oxygen atoms in total. The van der Waals surface area contributed by atoms with Crippen molar-refractivity contribution in [1.29, 1.82) is 0 Å². The van der Waals surface area contributed by atoms with Crippen LogP contribution in [-0.4, -0.2) is 23.8 Å². The minimum absolute atomic E-state index is 0.122. The number of pyridine rings is 1. The van der Waals surface area contributed by atoms with Crippen molar-refractivity contribution in [1.82, 2.24) is 4.90 Å². The van der Waals surface area contributed by atoms with Gasteiger partial charge in [0.2, 0.25) is 0 Å². The summed E-state index contributed by atoms with van der Waals surface area (Å²) >= 11 is 0. The molecule has 0 saturated heterocycles. The SMILES string of the molecule is CN1C(=O)C([O-])=C([n+]2ccccc2)C1=O. The molecule has 2 heterocycles. The molecule has 1 aromatic rings. The van der Waals surface area contributed by atoms with E-state index in [2.05, 4.69) is 0 Å². The molecule has 15 heavy (non-hydrogen) atoms. The number of rotatable bonds is 1. The number of carbonyl (C=O) groups is 2. The standard InChI is InChI=1S/C10H8N2O3/c1-11-9(14)7(8(13)10(11)15)12-5-3-2-4-6-12/h2-6H,1H3. The summed E-state index contributed by atoms with van der Waals surface area (Å²) in [4.78, 5) is 23.6. The van der Waals surface area contributed by atoms with E-state index in [1.54, 1.807) is 30.6 Å². The van der Waals surface area contributed by atoms with Gasteiger partial charge in [-0.2, -0.15) is 4.57 Å². The van der Waals surface area contributed by atoms with Gasteiger partial charge in [0.1, 0.15) is 0 Å². The molecule has 0 spiro atoms. The monoisotopic (exact) mass is 204 g/mol. The minimum Gasteiger partial charge on any atom is -0.864 e. The summed E-state index contributed by atoms with van der Waals surface area (Å²) in [5.74, 6) is -2.12. The Morgan fingerprint density at radius 3 is 2.20 bits per heavy atom. The molecule has 0 radical (unpaired) electrons. The van der Waals surface area contributed by atoms with Gasteiger partial charge in [0.15, 0.2) is 12.4 Å². The average molecular weight is 204 g/mol. The van der Waals surface area contributed by atoms with Crippen LogP contribution in [0.5, 0.6) is 0 Å². The van der Waals surface area contributed by atoms with Gasteiger partial charge < -0.3 is 5.11 Å². The molecule has 1 aliphatic heterocycles. The van der Waals surface area contributed by atoms with Gasteiger partial charge in [-0.05, 0) is 0 Å². The molecule has 1 aliphatic rings. The van der Waals surface area contributed by atoms with Gasteiger partial charge in [0.05, 0.1) is 0 Å². The molecule has 0 unspecified atom stereocenters. The number of imide groups is 1. The Hall–Kier alpha value is -2.17. The smallest absolute Gasteiger partial charge is 0.325 e. The molecule has 2 rings (SSSR count). The molecule has 0 N–H and O–H groups in total. The fourth-order valence-electron chi connectivity index (χ4n) is 1.38.